The lowest BCUT2D eigenvalue weighted by atomic mass is 9.83. The topological polar surface area (TPSA) is 29.5 Å². The zero-order chi connectivity index (χ0) is 12.5. The number of hydrogen-bond acceptors (Lipinski definition) is 2. The van der Waals surface area contributed by atoms with Crippen LogP contribution in [0.25, 0.3) is 0 Å². The normalized spacial score (nSPS) is 29.5. The minimum atomic E-state index is -0.214. The van der Waals surface area contributed by atoms with Crippen LogP contribution < -0.4 is 0 Å². The van der Waals surface area contributed by atoms with Crippen LogP contribution in [0.15, 0.2) is 0 Å². The SMILES string of the molecule is CCCCCCOC1CC(CCC)CCC1O. The molecule has 2 nitrogen and oxygen atoms in total. The van der Waals surface area contributed by atoms with Gasteiger partial charge in [0.15, 0.2) is 0 Å². The Bertz CT molecular complexity index is 182. The van der Waals surface area contributed by atoms with Gasteiger partial charge in [0.25, 0.3) is 0 Å². The van der Waals surface area contributed by atoms with Crippen LogP contribution in [0, 0.1) is 5.92 Å². The van der Waals surface area contributed by atoms with Crippen molar-refractivity contribution in [1.82, 2.24) is 0 Å². The van der Waals surface area contributed by atoms with E-state index in [0.717, 1.165) is 31.8 Å². The summed E-state index contributed by atoms with van der Waals surface area (Å²) in [6.07, 6.45) is 10.6. The van der Waals surface area contributed by atoms with Gasteiger partial charge in [0, 0.05) is 6.61 Å². The summed E-state index contributed by atoms with van der Waals surface area (Å²) in [5.41, 5.74) is 0. The molecule has 1 aliphatic rings. The van der Waals surface area contributed by atoms with Gasteiger partial charge in [0.2, 0.25) is 0 Å². The number of hydrogen-bond donors (Lipinski definition) is 1. The van der Waals surface area contributed by atoms with Crippen LogP contribution >= 0.6 is 0 Å². The third-order valence-corrected chi connectivity index (χ3v) is 3.89. The van der Waals surface area contributed by atoms with Crippen molar-refractivity contribution in [3.8, 4) is 0 Å². The Labute approximate surface area is 107 Å². The molecular formula is C15H30O2. The monoisotopic (exact) mass is 242 g/mol. The quantitative estimate of drug-likeness (QED) is 0.654. The van der Waals surface area contributed by atoms with Gasteiger partial charge in [-0.15, -0.1) is 0 Å². The van der Waals surface area contributed by atoms with Crippen LogP contribution in [-0.4, -0.2) is 23.9 Å². The van der Waals surface area contributed by atoms with E-state index < -0.39 is 0 Å². The molecule has 0 aromatic rings. The van der Waals surface area contributed by atoms with Gasteiger partial charge in [-0.2, -0.15) is 0 Å². The van der Waals surface area contributed by atoms with E-state index in [0.29, 0.717) is 0 Å². The molecule has 17 heavy (non-hydrogen) atoms. The molecule has 0 aromatic carbocycles. The third-order valence-electron chi connectivity index (χ3n) is 3.89. The van der Waals surface area contributed by atoms with Crippen LogP contribution in [-0.2, 0) is 4.74 Å². The maximum atomic E-state index is 9.93. The molecule has 0 saturated heterocycles. The van der Waals surface area contributed by atoms with Gasteiger partial charge in [-0.05, 0) is 31.6 Å². The van der Waals surface area contributed by atoms with E-state index in [1.807, 2.05) is 0 Å². The zero-order valence-corrected chi connectivity index (χ0v) is 11.7. The molecule has 3 unspecified atom stereocenters. The fourth-order valence-corrected chi connectivity index (χ4v) is 2.81. The number of aliphatic hydroxyl groups excluding tert-OH is 1. The highest BCUT2D eigenvalue weighted by Crippen LogP contribution is 2.29. The predicted molar refractivity (Wildman–Crippen MR) is 72.1 cm³/mol. The maximum absolute atomic E-state index is 9.93. The maximum Gasteiger partial charge on any atom is 0.0836 e. The summed E-state index contributed by atoms with van der Waals surface area (Å²) < 4.78 is 5.87. The lowest BCUT2D eigenvalue weighted by Crippen LogP contribution is -2.36. The third kappa shape index (κ3) is 5.87. The van der Waals surface area contributed by atoms with Crippen molar-refractivity contribution in [2.24, 2.45) is 5.92 Å². The molecule has 0 heterocycles. The predicted octanol–water partition coefficient (Wildman–Crippen LogP) is 3.91. The van der Waals surface area contributed by atoms with E-state index in [4.69, 9.17) is 4.74 Å². The largest absolute Gasteiger partial charge is 0.390 e. The van der Waals surface area contributed by atoms with Crippen molar-refractivity contribution in [2.45, 2.75) is 83.8 Å². The number of unbranched alkanes of at least 4 members (excludes halogenated alkanes) is 3. The summed E-state index contributed by atoms with van der Waals surface area (Å²) in [4.78, 5) is 0. The Hall–Kier alpha value is -0.0800. The highest BCUT2D eigenvalue weighted by Gasteiger charge is 2.29. The lowest BCUT2D eigenvalue weighted by Gasteiger charge is -2.33. The summed E-state index contributed by atoms with van der Waals surface area (Å²) in [5, 5.41) is 9.93. The first-order chi connectivity index (χ1) is 8.27. The molecule has 0 spiro atoms. The average Bonchev–Trinajstić information content (AvgIpc) is 2.33. The van der Waals surface area contributed by atoms with Gasteiger partial charge in [0.05, 0.1) is 12.2 Å². The number of ether oxygens (including phenoxy) is 1. The van der Waals surface area contributed by atoms with Crippen molar-refractivity contribution in [3.05, 3.63) is 0 Å². The molecule has 102 valence electrons. The minimum absolute atomic E-state index is 0.113. The van der Waals surface area contributed by atoms with Crippen LogP contribution in [0.5, 0.6) is 0 Å². The van der Waals surface area contributed by atoms with Crippen molar-refractivity contribution >= 4 is 0 Å². The second-order valence-electron chi connectivity index (χ2n) is 5.51. The molecule has 1 fully saturated rings. The molecule has 3 atom stereocenters. The summed E-state index contributed by atoms with van der Waals surface area (Å²) in [5.74, 6) is 0.782. The summed E-state index contributed by atoms with van der Waals surface area (Å²) >= 11 is 0. The molecule has 0 aromatic heterocycles. The molecule has 0 bridgehead atoms. The first-order valence-electron chi connectivity index (χ1n) is 7.57. The highest BCUT2D eigenvalue weighted by atomic mass is 16.5. The molecule has 1 aliphatic carbocycles. The van der Waals surface area contributed by atoms with Crippen LogP contribution in [0.2, 0.25) is 0 Å². The molecule has 1 saturated carbocycles. The molecule has 0 aliphatic heterocycles. The standard InChI is InChI=1S/C15H30O2/c1-3-5-6-7-11-17-15-12-13(8-4-2)9-10-14(15)16/h13-16H,3-12H2,1-2H3. The Morgan fingerprint density at radius 2 is 1.88 bits per heavy atom. The summed E-state index contributed by atoms with van der Waals surface area (Å²) in [6, 6.07) is 0. The van der Waals surface area contributed by atoms with E-state index in [1.54, 1.807) is 0 Å². The first-order valence-corrected chi connectivity index (χ1v) is 7.57. The smallest absolute Gasteiger partial charge is 0.0836 e. The summed E-state index contributed by atoms with van der Waals surface area (Å²) in [6.45, 7) is 5.30. The van der Waals surface area contributed by atoms with E-state index in [9.17, 15) is 5.11 Å². The van der Waals surface area contributed by atoms with Gasteiger partial charge in [-0.25, -0.2) is 0 Å². The summed E-state index contributed by atoms with van der Waals surface area (Å²) in [7, 11) is 0. The second-order valence-corrected chi connectivity index (χ2v) is 5.51. The molecule has 0 radical (unpaired) electrons. The van der Waals surface area contributed by atoms with Crippen molar-refractivity contribution in [2.75, 3.05) is 6.61 Å². The van der Waals surface area contributed by atoms with E-state index in [1.165, 1.54) is 38.5 Å². The van der Waals surface area contributed by atoms with E-state index in [2.05, 4.69) is 13.8 Å². The molecular weight excluding hydrogens is 212 g/mol. The Balaban J connectivity index is 2.15. The van der Waals surface area contributed by atoms with Gasteiger partial charge in [-0.3, -0.25) is 0 Å². The number of rotatable bonds is 8. The van der Waals surface area contributed by atoms with Gasteiger partial charge in [0.1, 0.15) is 0 Å². The van der Waals surface area contributed by atoms with Crippen molar-refractivity contribution in [1.29, 1.82) is 0 Å². The van der Waals surface area contributed by atoms with Crippen LogP contribution in [0.1, 0.15) is 71.6 Å². The molecule has 1 N–H and O–H groups in total. The molecule has 0 amide bonds. The highest BCUT2D eigenvalue weighted by molar-refractivity contribution is 4.80. The minimum Gasteiger partial charge on any atom is -0.390 e. The fourth-order valence-electron chi connectivity index (χ4n) is 2.81. The van der Waals surface area contributed by atoms with E-state index >= 15 is 0 Å². The molecule has 1 rings (SSSR count). The first kappa shape index (κ1) is 15.0. The lowest BCUT2D eigenvalue weighted by molar-refractivity contribution is -0.0729. The second kappa shape index (κ2) is 8.93. The Morgan fingerprint density at radius 3 is 2.59 bits per heavy atom. The van der Waals surface area contributed by atoms with Gasteiger partial charge < -0.3 is 9.84 Å². The van der Waals surface area contributed by atoms with Crippen LogP contribution in [0.3, 0.4) is 0 Å². The Morgan fingerprint density at radius 1 is 1.06 bits per heavy atom. The number of aliphatic hydroxyl groups is 1. The van der Waals surface area contributed by atoms with Gasteiger partial charge in [-0.1, -0.05) is 46.0 Å². The van der Waals surface area contributed by atoms with Crippen LogP contribution in [0.4, 0.5) is 0 Å². The van der Waals surface area contributed by atoms with Gasteiger partial charge >= 0.3 is 0 Å². The average molecular weight is 242 g/mol. The fraction of sp³-hybridized carbons (Fsp3) is 1.00. The Kier molecular flexibility index (Phi) is 7.87. The molecule has 2 heteroatoms. The van der Waals surface area contributed by atoms with Crippen molar-refractivity contribution in [3.63, 3.8) is 0 Å². The van der Waals surface area contributed by atoms with Crippen molar-refractivity contribution < 1.29 is 9.84 Å². The van der Waals surface area contributed by atoms with E-state index in [-0.39, 0.29) is 12.2 Å². The zero-order valence-electron chi connectivity index (χ0n) is 11.7.